The predicted octanol–water partition coefficient (Wildman–Crippen LogP) is 3.92. The molecule has 216 valence electrons. The van der Waals surface area contributed by atoms with Gasteiger partial charge in [-0.15, -0.1) is 0 Å². The lowest BCUT2D eigenvalue weighted by Gasteiger charge is -2.47. The van der Waals surface area contributed by atoms with Crippen molar-refractivity contribution in [2.75, 3.05) is 42.2 Å². The molecular weight excluding hydrogens is 524 g/mol. The molecule has 0 N–H and O–H groups in total. The summed E-state index contributed by atoms with van der Waals surface area (Å²) in [6.07, 6.45) is -3.69. The van der Waals surface area contributed by atoms with Crippen LogP contribution in [0.4, 0.5) is 0 Å². The third-order valence-electron chi connectivity index (χ3n) is 7.12. The van der Waals surface area contributed by atoms with Gasteiger partial charge in [0.2, 0.25) is 0 Å². The summed E-state index contributed by atoms with van der Waals surface area (Å²) < 4.78 is 54.1. The second-order valence-electron chi connectivity index (χ2n) is 9.44. The van der Waals surface area contributed by atoms with Crippen molar-refractivity contribution in [1.29, 1.82) is 0 Å². The molecule has 0 saturated carbocycles. The first-order valence-electron chi connectivity index (χ1n) is 13.0. The summed E-state index contributed by atoms with van der Waals surface area (Å²) in [5, 5.41) is 0. The number of thioether (sulfide) groups is 1. The van der Waals surface area contributed by atoms with Crippen molar-refractivity contribution in [3.63, 3.8) is 0 Å². The Morgan fingerprint density at radius 3 is 2.08 bits per heavy atom. The van der Waals surface area contributed by atoms with Gasteiger partial charge in [0.25, 0.3) is 0 Å². The molecular formula is C29H40O9S. The minimum atomic E-state index is -0.739. The number of methoxy groups -OCH3 is 5. The van der Waals surface area contributed by atoms with Gasteiger partial charge in [-0.25, -0.2) is 0 Å². The summed E-state index contributed by atoms with van der Waals surface area (Å²) in [6.45, 7) is 2.69. The zero-order chi connectivity index (χ0) is 27.8. The Labute approximate surface area is 235 Å². The first-order chi connectivity index (χ1) is 19.0. The van der Waals surface area contributed by atoms with Crippen molar-refractivity contribution in [2.45, 2.75) is 72.9 Å². The summed E-state index contributed by atoms with van der Waals surface area (Å²) in [6, 6.07) is 17.8. The van der Waals surface area contributed by atoms with Gasteiger partial charge in [-0.05, 0) is 36.8 Å². The number of ether oxygens (including phenoxy) is 9. The molecule has 0 bridgehead atoms. The molecule has 4 rings (SSSR count). The molecule has 2 fully saturated rings. The van der Waals surface area contributed by atoms with Gasteiger partial charge in [0.05, 0.1) is 26.4 Å². The van der Waals surface area contributed by atoms with E-state index in [-0.39, 0.29) is 23.7 Å². The summed E-state index contributed by atoms with van der Waals surface area (Å²) in [7, 11) is 8.20. The molecule has 10 heteroatoms. The summed E-state index contributed by atoms with van der Waals surface area (Å²) in [4.78, 5) is 1.08. The van der Waals surface area contributed by atoms with Crippen LogP contribution in [0, 0.1) is 0 Å². The third kappa shape index (κ3) is 7.32. The summed E-state index contributed by atoms with van der Waals surface area (Å²) in [5.74, 6) is 0.795. The Hall–Kier alpha value is -1.73. The zero-order valence-electron chi connectivity index (χ0n) is 23.4. The smallest absolute Gasteiger partial charge is 0.187 e. The van der Waals surface area contributed by atoms with Gasteiger partial charge >= 0.3 is 0 Å². The van der Waals surface area contributed by atoms with E-state index in [1.165, 1.54) is 0 Å². The molecule has 2 saturated heterocycles. The quantitative estimate of drug-likeness (QED) is 0.378. The molecule has 2 aromatic rings. The van der Waals surface area contributed by atoms with Crippen LogP contribution in [0.15, 0.2) is 59.5 Å². The summed E-state index contributed by atoms with van der Waals surface area (Å²) >= 11 is 1.59. The maximum Gasteiger partial charge on any atom is 0.187 e. The Morgan fingerprint density at radius 2 is 1.46 bits per heavy atom. The van der Waals surface area contributed by atoms with Crippen LogP contribution in [0.2, 0.25) is 0 Å². The van der Waals surface area contributed by atoms with E-state index in [9.17, 15) is 0 Å². The van der Waals surface area contributed by atoms with Crippen molar-refractivity contribution in [3.8, 4) is 5.75 Å². The molecule has 0 aromatic heterocycles. The van der Waals surface area contributed by atoms with Crippen molar-refractivity contribution < 1.29 is 42.6 Å². The maximum atomic E-state index is 6.61. The van der Waals surface area contributed by atoms with Crippen LogP contribution in [0.25, 0.3) is 0 Å². The molecule has 9 atom stereocenters. The van der Waals surface area contributed by atoms with Gasteiger partial charge in [0, 0.05) is 33.3 Å². The normalized spacial score (nSPS) is 33.1. The highest BCUT2D eigenvalue weighted by molar-refractivity contribution is 7.99. The topological polar surface area (TPSA) is 83.1 Å². The van der Waals surface area contributed by atoms with E-state index in [0.29, 0.717) is 13.2 Å². The van der Waals surface area contributed by atoms with Crippen molar-refractivity contribution >= 4 is 11.8 Å². The highest BCUT2D eigenvalue weighted by Crippen LogP contribution is 2.36. The molecule has 0 spiro atoms. The lowest BCUT2D eigenvalue weighted by atomic mass is 9.98. The number of benzene rings is 2. The monoisotopic (exact) mass is 564 g/mol. The van der Waals surface area contributed by atoms with E-state index in [4.69, 9.17) is 42.6 Å². The van der Waals surface area contributed by atoms with Gasteiger partial charge in [0.15, 0.2) is 6.29 Å². The lowest BCUT2D eigenvalue weighted by Crippen LogP contribution is -2.63. The number of rotatable bonds is 12. The second kappa shape index (κ2) is 14.8. The van der Waals surface area contributed by atoms with Crippen molar-refractivity contribution in [1.82, 2.24) is 0 Å². The molecule has 2 aromatic carbocycles. The van der Waals surface area contributed by atoms with Gasteiger partial charge < -0.3 is 42.6 Å². The molecule has 0 amide bonds. The fraction of sp³-hybridized carbons (Fsp3) is 0.586. The Kier molecular flexibility index (Phi) is 11.5. The Balaban J connectivity index is 1.47. The van der Waals surface area contributed by atoms with Crippen LogP contribution in [0.1, 0.15) is 12.5 Å². The van der Waals surface area contributed by atoms with Crippen LogP contribution in [0.3, 0.4) is 0 Å². The first kappa shape index (κ1) is 30.2. The number of hydrogen-bond acceptors (Lipinski definition) is 10. The summed E-state index contributed by atoms with van der Waals surface area (Å²) in [5.41, 5.74) is 0.717. The predicted molar refractivity (Wildman–Crippen MR) is 146 cm³/mol. The largest absolute Gasteiger partial charge is 0.497 e. The standard InChI is InChI=1S/C29H40O9S/c1-18-23(35-16-19-12-14-20(30-2)15-13-19)25(32-4)26(33-5)28(37-18)38-24-22(31-3)17-36-29(27(24)34-6)39-21-10-8-7-9-11-21/h7-15,18,22-29H,16-17H2,1-6H3. The minimum Gasteiger partial charge on any atom is -0.497 e. The van der Waals surface area contributed by atoms with E-state index < -0.39 is 30.7 Å². The van der Waals surface area contributed by atoms with E-state index >= 15 is 0 Å². The highest BCUT2D eigenvalue weighted by atomic mass is 32.2. The fourth-order valence-electron chi connectivity index (χ4n) is 4.99. The molecule has 9 nitrogen and oxygen atoms in total. The maximum absolute atomic E-state index is 6.61. The zero-order valence-corrected chi connectivity index (χ0v) is 24.2. The second-order valence-corrected chi connectivity index (χ2v) is 10.6. The van der Waals surface area contributed by atoms with Gasteiger partial charge in [-0.1, -0.05) is 42.1 Å². The van der Waals surface area contributed by atoms with Crippen LogP contribution in [-0.4, -0.2) is 96.6 Å². The van der Waals surface area contributed by atoms with Crippen LogP contribution in [0.5, 0.6) is 5.75 Å². The van der Waals surface area contributed by atoms with Crippen LogP contribution in [-0.2, 0) is 44.5 Å². The van der Waals surface area contributed by atoms with Gasteiger partial charge in [-0.2, -0.15) is 0 Å². The SMILES string of the molecule is COc1ccc(COC2C(C)OC(OC3C(OC)COC(Sc4ccccc4)C3OC)C(OC)C2OC)cc1. The molecule has 2 aliphatic rings. The molecule has 39 heavy (non-hydrogen) atoms. The van der Waals surface area contributed by atoms with Gasteiger partial charge in [-0.3, -0.25) is 0 Å². The highest BCUT2D eigenvalue weighted by Gasteiger charge is 2.50. The van der Waals surface area contributed by atoms with E-state index in [0.717, 1.165) is 16.2 Å². The average molecular weight is 565 g/mol. The average Bonchev–Trinajstić information content (AvgIpc) is 2.97. The van der Waals surface area contributed by atoms with Crippen LogP contribution < -0.4 is 4.74 Å². The minimum absolute atomic E-state index is 0.297. The Bertz CT molecular complexity index is 978. The fourth-order valence-corrected chi connectivity index (χ4v) is 6.12. The Morgan fingerprint density at radius 1 is 0.769 bits per heavy atom. The van der Waals surface area contributed by atoms with Crippen molar-refractivity contribution in [2.24, 2.45) is 0 Å². The lowest BCUT2D eigenvalue weighted by molar-refractivity contribution is -0.339. The van der Waals surface area contributed by atoms with Crippen LogP contribution >= 0.6 is 11.8 Å². The van der Waals surface area contributed by atoms with E-state index in [1.54, 1.807) is 47.3 Å². The van der Waals surface area contributed by atoms with E-state index in [1.807, 2.05) is 61.5 Å². The van der Waals surface area contributed by atoms with Gasteiger partial charge in [0.1, 0.15) is 47.8 Å². The molecule has 2 heterocycles. The molecule has 0 radical (unpaired) electrons. The molecule has 0 aliphatic carbocycles. The van der Waals surface area contributed by atoms with E-state index in [2.05, 4.69) is 0 Å². The third-order valence-corrected chi connectivity index (χ3v) is 8.30. The first-order valence-corrected chi connectivity index (χ1v) is 13.9. The van der Waals surface area contributed by atoms with Crippen molar-refractivity contribution in [3.05, 3.63) is 60.2 Å². The number of hydrogen-bond donors (Lipinski definition) is 0. The molecule has 9 unspecified atom stereocenters. The molecule has 2 aliphatic heterocycles.